The Balaban J connectivity index is 0.000000172. The first-order chi connectivity index (χ1) is 17.0. The summed E-state index contributed by atoms with van der Waals surface area (Å²) < 4.78 is 11.5. The van der Waals surface area contributed by atoms with Gasteiger partial charge in [0.15, 0.2) is 5.79 Å². The number of aryl methyl sites for hydroxylation is 2. The SMILES string of the molecule is CC(C)(C)C.Cc1ccc(N2CCC(=O)CC2)cc1.Cc1ccc(N2CCC3(CC2)OCCO3)cc1. The molecular formula is C31H46N2O3. The van der Waals surface area contributed by atoms with Crippen LogP contribution in [0.3, 0.4) is 0 Å². The second-order valence-corrected chi connectivity index (χ2v) is 11.8. The monoisotopic (exact) mass is 494 g/mol. The highest BCUT2D eigenvalue weighted by Gasteiger charge is 2.39. The molecule has 0 aliphatic carbocycles. The summed E-state index contributed by atoms with van der Waals surface area (Å²) in [6, 6.07) is 17.2. The maximum atomic E-state index is 11.1. The lowest BCUT2D eigenvalue weighted by molar-refractivity contribution is -0.169. The third-order valence-corrected chi connectivity index (χ3v) is 6.46. The Morgan fingerprint density at radius 2 is 1.03 bits per heavy atom. The largest absolute Gasteiger partial charge is 0.371 e. The Kier molecular flexibility index (Phi) is 9.98. The van der Waals surface area contributed by atoms with Gasteiger partial charge >= 0.3 is 0 Å². The molecule has 0 saturated carbocycles. The molecule has 0 amide bonds. The van der Waals surface area contributed by atoms with Crippen LogP contribution in [0.5, 0.6) is 0 Å². The van der Waals surface area contributed by atoms with Crippen LogP contribution in [0.2, 0.25) is 0 Å². The van der Waals surface area contributed by atoms with Crippen molar-refractivity contribution in [2.75, 3.05) is 49.2 Å². The van der Waals surface area contributed by atoms with Crippen LogP contribution in [0.25, 0.3) is 0 Å². The van der Waals surface area contributed by atoms with Crippen LogP contribution in [-0.2, 0) is 14.3 Å². The number of anilines is 2. The van der Waals surface area contributed by atoms with Crippen LogP contribution in [0.15, 0.2) is 48.5 Å². The van der Waals surface area contributed by atoms with Gasteiger partial charge in [-0.15, -0.1) is 0 Å². The molecule has 36 heavy (non-hydrogen) atoms. The normalized spacial score (nSPS) is 19.3. The Labute approximate surface area is 218 Å². The molecule has 0 bridgehead atoms. The van der Waals surface area contributed by atoms with E-state index in [1.54, 1.807) is 0 Å². The van der Waals surface area contributed by atoms with Gasteiger partial charge in [-0.2, -0.15) is 0 Å². The molecule has 0 radical (unpaired) electrons. The summed E-state index contributed by atoms with van der Waals surface area (Å²) in [4.78, 5) is 15.8. The van der Waals surface area contributed by atoms with Crippen LogP contribution in [0, 0.1) is 19.3 Å². The molecule has 3 aliphatic heterocycles. The third kappa shape index (κ3) is 9.25. The molecular weight excluding hydrogens is 448 g/mol. The van der Waals surface area contributed by atoms with Gasteiger partial charge in [0, 0.05) is 63.2 Å². The molecule has 5 rings (SSSR count). The number of ether oxygens (including phenoxy) is 2. The minimum Gasteiger partial charge on any atom is -0.371 e. The predicted molar refractivity (Wildman–Crippen MR) is 150 cm³/mol. The molecule has 0 N–H and O–H groups in total. The number of carbonyl (C=O) groups excluding carboxylic acids is 1. The summed E-state index contributed by atoms with van der Waals surface area (Å²) >= 11 is 0. The van der Waals surface area contributed by atoms with Gasteiger partial charge in [0.25, 0.3) is 0 Å². The molecule has 0 aromatic heterocycles. The molecule has 3 fully saturated rings. The first-order valence-corrected chi connectivity index (χ1v) is 13.5. The lowest BCUT2D eigenvalue weighted by Gasteiger charge is -2.38. The van der Waals surface area contributed by atoms with Gasteiger partial charge in [0.1, 0.15) is 5.78 Å². The molecule has 2 aromatic rings. The van der Waals surface area contributed by atoms with Crippen molar-refractivity contribution in [1.82, 2.24) is 0 Å². The van der Waals surface area contributed by atoms with Crippen molar-refractivity contribution < 1.29 is 14.3 Å². The molecule has 3 heterocycles. The Morgan fingerprint density at radius 3 is 1.42 bits per heavy atom. The summed E-state index contributed by atoms with van der Waals surface area (Å²) in [5.41, 5.74) is 5.64. The summed E-state index contributed by atoms with van der Waals surface area (Å²) in [7, 11) is 0. The van der Waals surface area contributed by atoms with E-state index in [1.807, 2.05) is 0 Å². The lowest BCUT2D eigenvalue weighted by Crippen LogP contribution is -2.45. The van der Waals surface area contributed by atoms with Crippen LogP contribution in [0.4, 0.5) is 11.4 Å². The van der Waals surface area contributed by atoms with Gasteiger partial charge in [0.2, 0.25) is 0 Å². The summed E-state index contributed by atoms with van der Waals surface area (Å²) in [5.74, 6) is 0.134. The number of rotatable bonds is 2. The smallest absolute Gasteiger partial charge is 0.171 e. The number of piperidine rings is 2. The molecule has 3 saturated heterocycles. The predicted octanol–water partition coefficient (Wildman–Crippen LogP) is 6.56. The van der Waals surface area contributed by atoms with Crippen molar-refractivity contribution in [3.05, 3.63) is 59.7 Å². The van der Waals surface area contributed by atoms with Crippen LogP contribution in [-0.4, -0.2) is 51.0 Å². The van der Waals surface area contributed by atoms with Crippen molar-refractivity contribution >= 4 is 17.2 Å². The molecule has 0 unspecified atom stereocenters. The maximum absolute atomic E-state index is 11.1. The second-order valence-electron chi connectivity index (χ2n) is 11.8. The Morgan fingerprint density at radius 1 is 0.667 bits per heavy atom. The molecule has 5 nitrogen and oxygen atoms in total. The van der Waals surface area contributed by atoms with E-state index in [4.69, 9.17) is 9.47 Å². The van der Waals surface area contributed by atoms with Crippen molar-refractivity contribution in [3.8, 4) is 0 Å². The van der Waals surface area contributed by atoms with E-state index in [0.29, 0.717) is 24.0 Å². The lowest BCUT2D eigenvalue weighted by atomic mass is 10.0. The molecule has 5 heteroatoms. The van der Waals surface area contributed by atoms with Crippen molar-refractivity contribution in [2.24, 2.45) is 5.41 Å². The fourth-order valence-corrected chi connectivity index (χ4v) is 4.42. The highest BCUT2D eigenvalue weighted by Crippen LogP contribution is 2.33. The van der Waals surface area contributed by atoms with Gasteiger partial charge in [-0.3, -0.25) is 4.79 Å². The number of ketones is 1. The zero-order chi connectivity index (χ0) is 26.2. The summed E-state index contributed by atoms with van der Waals surface area (Å²) in [5, 5.41) is 0. The van der Waals surface area contributed by atoms with Crippen molar-refractivity contribution in [1.29, 1.82) is 0 Å². The number of hydrogen-bond donors (Lipinski definition) is 0. The average molecular weight is 495 g/mol. The Hall–Kier alpha value is -2.37. The molecule has 2 aromatic carbocycles. The molecule has 0 atom stereocenters. The summed E-state index contributed by atoms with van der Waals surface area (Å²) in [6.45, 7) is 18.3. The van der Waals surface area contributed by atoms with Gasteiger partial charge in [-0.25, -0.2) is 0 Å². The van der Waals surface area contributed by atoms with Gasteiger partial charge in [-0.1, -0.05) is 63.1 Å². The standard InChI is InChI=1S/C14H19NO2.C12H15NO.C5H12/c1-12-2-4-13(5-3-12)15-8-6-14(7-9-15)16-10-11-17-14;1-10-2-4-11(5-3-10)13-8-6-12(14)7-9-13;1-5(2,3)4/h2-5H,6-11H2,1H3;2-5H,6-9H2,1H3;1-4H3. The number of nitrogens with zero attached hydrogens (tertiary/aromatic N) is 2. The number of benzene rings is 2. The minimum atomic E-state index is -0.263. The van der Waals surface area contributed by atoms with Crippen LogP contribution >= 0.6 is 0 Å². The molecule has 3 aliphatic rings. The second kappa shape index (κ2) is 12.7. The Bertz CT molecular complexity index is 915. The third-order valence-electron chi connectivity index (χ3n) is 6.46. The van der Waals surface area contributed by atoms with E-state index in [2.05, 4.69) is 99.9 Å². The zero-order valence-electron chi connectivity index (χ0n) is 23.3. The highest BCUT2D eigenvalue weighted by molar-refractivity contribution is 5.81. The van der Waals surface area contributed by atoms with Gasteiger partial charge in [0.05, 0.1) is 13.2 Å². The van der Waals surface area contributed by atoms with Crippen LogP contribution in [0.1, 0.15) is 64.5 Å². The molecule has 198 valence electrons. The molecule has 1 spiro atoms. The quantitative estimate of drug-likeness (QED) is 0.473. The van der Waals surface area contributed by atoms with Gasteiger partial charge < -0.3 is 19.3 Å². The topological polar surface area (TPSA) is 42.0 Å². The summed E-state index contributed by atoms with van der Waals surface area (Å²) in [6.07, 6.45) is 3.35. The van der Waals surface area contributed by atoms with E-state index in [1.165, 1.54) is 22.5 Å². The van der Waals surface area contributed by atoms with Crippen LogP contribution < -0.4 is 9.80 Å². The van der Waals surface area contributed by atoms with E-state index < -0.39 is 0 Å². The average Bonchev–Trinajstić information content (AvgIpc) is 3.29. The number of Topliss-reactive ketones (excluding diaryl/α,β-unsaturated/α-hetero) is 1. The first-order valence-electron chi connectivity index (χ1n) is 13.5. The number of hydrogen-bond acceptors (Lipinski definition) is 5. The van der Waals surface area contributed by atoms with E-state index >= 15 is 0 Å². The fraction of sp³-hybridized carbons (Fsp3) is 0.581. The highest BCUT2D eigenvalue weighted by atomic mass is 16.7. The van der Waals surface area contributed by atoms with E-state index in [0.717, 1.165) is 52.2 Å². The number of carbonyl (C=O) groups is 1. The van der Waals surface area contributed by atoms with E-state index in [9.17, 15) is 4.79 Å². The van der Waals surface area contributed by atoms with Crippen molar-refractivity contribution in [3.63, 3.8) is 0 Å². The minimum absolute atomic E-state index is 0.263. The van der Waals surface area contributed by atoms with E-state index in [-0.39, 0.29) is 5.79 Å². The zero-order valence-corrected chi connectivity index (χ0v) is 23.3. The maximum Gasteiger partial charge on any atom is 0.171 e. The van der Waals surface area contributed by atoms with Crippen molar-refractivity contribution in [2.45, 2.75) is 73.0 Å². The first kappa shape index (κ1) is 28.2. The fourth-order valence-electron chi connectivity index (χ4n) is 4.42. The van der Waals surface area contributed by atoms with Gasteiger partial charge in [-0.05, 0) is 43.5 Å².